The molecule has 0 bridgehead atoms. The average Bonchev–Trinajstić information content (AvgIpc) is 1.30. The van der Waals surface area contributed by atoms with Gasteiger partial charge in [-0.05, 0) is 0 Å². The summed E-state index contributed by atoms with van der Waals surface area (Å²) in [7, 11) is 0. The SMILES string of the molecule is [O-]C1COC1. The van der Waals surface area contributed by atoms with E-state index in [9.17, 15) is 5.11 Å². The molecule has 0 spiro atoms. The first-order valence-corrected chi connectivity index (χ1v) is 1.63. The lowest BCUT2D eigenvalue weighted by molar-refractivity contribution is -0.463. The van der Waals surface area contributed by atoms with Crippen molar-refractivity contribution >= 4 is 0 Å². The van der Waals surface area contributed by atoms with Gasteiger partial charge in [-0.3, -0.25) is 0 Å². The van der Waals surface area contributed by atoms with Gasteiger partial charge in [0.2, 0.25) is 0 Å². The van der Waals surface area contributed by atoms with E-state index in [-0.39, 0.29) is 0 Å². The zero-order valence-corrected chi connectivity index (χ0v) is 2.81. The molecule has 0 aromatic heterocycles. The maximum Gasteiger partial charge on any atom is 0.0362 e. The van der Waals surface area contributed by atoms with Crippen molar-refractivity contribution in [3.63, 3.8) is 0 Å². The molecule has 0 aromatic rings. The summed E-state index contributed by atoms with van der Waals surface area (Å²) in [5.41, 5.74) is 0. The molecule has 1 fully saturated rings. The second kappa shape index (κ2) is 0.954. The summed E-state index contributed by atoms with van der Waals surface area (Å²) in [6.07, 6.45) is -0.407. The van der Waals surface area contributed by atoms with Crippen molar-refractivity contribution in [1.29, 1.82) is 0 Å². The molecule has 0 aromatic carbocycles. The zero-order chi connectivity index (χ0) is 3.70. The van der Waals surface area contributed by atoms with E-state index < -0.39 is 6.10 Å². The van der Waals surface area contributed by atoms with Crippen LogP contribution in [-0.4, -0.2) is 19.3 Å². The third-order valence-corrected chi connectivity index (χ3v) is 0.607. The molecule has 0 aliphatic carbocycles. The van der Waals surface area contributed by atoms with E-state index in [0.717, 1.165) is 0 Å². The molecule has 0 saturated carbocycles. The van der Waals surface area contributed by atoms with Gasteiger partial charge in [0, 0.05) is 13.2 Å². The fourth-order valence-corrected chi connectivity index (χ4v) is 0.214. The Morgan fingerprint density at radius 1 is 1.60 bits per heavy atom. The number of rotatable bonds is 0. The van der Waals surface area contributed by atoms with Crippen molar-refractivity contribution in [3.05, 3.63) is 0 Å². The Labute approximate surface area is 30.4 Å². The highest BCUT2D eigenvalue weighted by atomic mass is 16.5. The minimum absolute atomic E-state index is 0.407. The third kappa shape index (κ3) is 0.412. The Bertz CT molecular complexity index is 31.9. The van der Waals surface area contributed by atoms with Gasteiger partial charge in [-0.25, -0.2) is 0 Å². The fourth-order valence-electron chi connectivity index (χ4n) is 0.214. The summed E-state index contributed by atoms with van der Waals surface area (Å²) < 4.78 is 4.52. The predicted molar refractivity (Wildman–Crippen MR) is 14.6 cm³/mol. The van der Waals surface area contributed by atoms with Crippen LogP contribution in [0, 0.1) is 0 Å². The van der Waals surface area contributed by atoms with Gasteiger partial charge in [-0.15, -0.1) is 0 Å². The maximum atomic E-state index is 9.86. The molecule has 2 heteroatoms. The van der Waals surface area contributed by atoms with E-state index in [1.165, 1.54) is 0 Å². The number of hydrogen-bond acceptors (Lipinski definition) is 2. The average molecular weight is 73.1 g/mol. The first-order valence-electron chi connectivity index (χ1n) is 1.63. The quantitative estimate of drug-likeness (QED) is 0.358. The maximum absolute atomic E-state index is 9.86. The van der Waals surface area contributed by atoms with Gasteiger partial charge in [0.25, 0.3) is 0 Å². The van der Waals surface area contributed by atoms with Crippen LogP contribution in [0.5, 0.6) is 0 Å². The van der Waals surface area contributed by atoms with Crippen LogP contribution in [-0.2, 0) is 4.74 Å². The van der Waals surface area contributed by atoms with Gasteiger partial charge in [0.15, 0.2) is 0 Å². The molecule has 0 amide bonds. The standard InChI is InChI=1S/C3H5O2/c4-3-1-5-2-3/h3H,1-2H2/q-1. The minimum Gasteiger partial charge on any atom is -0.849 e. The highest BCUT2D eigenvalue weighted by Gasteiger charge is 2.02. The van der Waals surface area contributed by atoms with Crippen LogP contribution in [0.25, 0.3) is 0 Å². The fraction of sp³-hybridized carbons (Fsp3) is 1.00. The van der Waals surface area contributed by atoms with Crippen molar-refractivity contribution in [2.24, 2.45) is 0 Å². The molecule has 5 heavy (non-hydrogen) atoms. The Kier molecular flexibility index (Phi) is 0.596. The lowest BCUT2D eigenvalue weighted by Gasteiger charge is -2.30. The van der Waals surface area contributed by atoms with E-state index in [4.69, 9.17) is 0 Å². The molecule has 0 radical (unpaired) electrons. The number of hydrogen-bond donors (Lipinski definition) is 0. The van der Waals surface area contributed by atoms with Gasteiger partial charge >= 0.3 is 0 Å². The molecule has 0 N–H and O–H groups in total. The molecule has 0 atom stereocenters. The molecule has 2 nitrogen and oxygen atoms in total. The number of ether oxygens (including phenoxy) is 1. The van der Waals surface area contributed by atoms with Crippen molar-refractivity contribution < 1.29 is 9.84 Å². The second-order valence-corrected chi connectivity index (χ2v) is 1.16. The van der Waals surface area contributed by atoms with Crippen LogP contribution in [0.4, 0.5) is 0 Å². The third-order valence-electron chi connectivity index (χ3n) is 0.607. The first-order chi connectivity index (χ1) is 2.39. The largest absolute Gasteiger partial charge is 0.849 e. The summed E-state index contributed by atoms with van der Waals surface area (Å²) in [5, 5.41) is 9.86. The van der Waals surface area contributed by atoms with Crippen LogP contribution in [0.1, 0.15) is 0 Å². The van der Waals surface area contributed by atoms with E-state index in [1.54, 1.807) is 0 Å². The van der Waals surface area contributed by atoms with E-state index in [1.807, 2.05) is 0 Å². The Morgan fingerprint density at radius 3 is 2.00 bits per heavy atom. The van der Waals surface area contributed by atoms with Gasteiger partial charge in [0.1, 0.15) is 0 Å². The molecule has 1 aliphatic rings. The normalized spacial score (nSPS) is 25.8. The van der Waals surface area contributed by atoms with E-state index in [2.05, 4.69) is 4.74 Å². The smallest absolute Gasteiger partial charge is 0.0362 e. The molecule has 30 valence electrons. The van der Waals surface area contributed by atoms with E-state index >= 15 is 0 Å². The van der Waals surface area contributed by atoms with Crippen LogP contribution in [0.15, 0.2) is 0 Å². The topological polar surface area (TPSA) is 32.3 Å². The Morgan fingerprint density at radius 2 is 2.00 bits per heavy atom. The van der Waals surface area contributed by atoms with Crippen LogP contribution in [0.3, 0.4) is 0 Å². The summed E-state index contributed by atoms with van der Waals surface area (Å²) in [6, 6.07) is 0. The monoisotopic (exact) mass is 73.0 g/mol. The van der Waals surface area contributed by atoms with Crippen LogP contribution >= 0.6 is 0 Å². The summed E-state index contributed by atoms with van der Waals surface area (Å²) in [4.78, 5) is 0. The zero-order valence-electron chi connectivity index (χ0n) is 2.81. The van der Waals surface area contributed by atoms with Gasteiger partial charge in [0.05, 0.1) is 0 Å². The van der Waals surface area contributed by atoms with Crippen molar-refractivity contribution in [3.8, 4) is 0 Å². The summed E-state index contributed by atoms with van der Waals surface area (Å²) in [5.74, 6) is 0. The highest BCUT2D eigenvalue weighted by molar-refractivity contribution is 4.57. The highest BCUT2D eigenvalue weighted by Crippen LogP contribution is 1.92. The first kappa shape index (κ1) is 3.12. The molecular formula is C3H5O2-. The van der Waals surface area contributed by atoms with Crippen molar-refractivity contribution in [2.75, 3.05) is 13.2 Å². The van der Waals surface area contributed by atoms with Gasteiger partial charge < -0.3 is 9.84 Å². The molecule has 0 unspecified atom stereocenters. The predicted octanol–water partition coefficient (Wildman–Crippen LogP) is -1.25. The molecular weight excluding hydrogens is 68.0 g/mol. The minimum atomic E-state index is -0.407. The molecule has 1 saturated heterocycles. The van der Waals surface area contributed by atoms with Crippen LogP contribution in [0.2, 0.25) is 0 Å². The summed E-state index contributed by atoms with van der Waals surface area (Å²) in [6.45, 7) is 0.861. The second-order valence-electron chi connectivity index (χ2n) is 1.16. The Hall–Kier alpha value is -0.0800. The molecule has 1 rings (SSSR count). The van der Waals surface area contributed by atoms with Gasteiger partial charge in [-0.2, -0.15) is 0 Å². The van der Waals surface area contributed by atoms with Gasteiger partial charge in [-0.1, -0.05) is 6.10 Å². The molecule has 1 aliphatic heterocycles. The Balaban J connectivity index is 2.08. The lowest BCUT2D eigenvalue weighted by Crippen LogP contribution is -2.44. The summed E-state index contributed by atoms with van der Waals surface area (Å²) >= 11 is 0. The van der Waals surface area contributed by atoms with E-state index in [0.29, 0.717) is 13.2 Å². The molecule has 1 heterocycles. The van der Waals surface area contributed by atoms with Crippen LogP contribution < -0.4 is 5.11 Å². The van der Waals surface area contributed by atoms with Crippen molar-refractivity contribution in [1.82, 2.24) is 0 Å². The lowest BCUT2D eigenvalue weighted by atomic mass is 10.3. The van der Waals surface area contributed by atoms with Crippen molar-refractivity contribution in [2.45, 2.75) is 6.10 Å².